The lowest BCUT2D eigenvalue weighted by molar-refractivity contribution is -0.113. The number of thioether (sulfide) groups is 1. The molecule has 36 heavy (non-hydrogen) atoms. The van der Waals surface area contributed by atoms with E-state index in [1.165, 1.54) is 41.3 Å². The van der Waals surface area contributed by atoms with E-state index in [4.69, 9.17) is 22.1 Å². The van der Waals surface area contributed by atoms with Crippen LogP contribution in [0.2, 0.25) is 5.02 Å². The molecule has 1 aliphatic rings. The maximum Gasteiger partial charge on any atom is 0.251 e. The molecule has 0 aliphatic heterocycles. The molecule has 2 heterocycles. The number of carbonyl (C=O) groups excluding carboxylic acids is 2. The largest absolute Gasteiger partial charge is 0.484 e. The van der Waals surface area contributed by atoms with E-state index in [-0.39, 0.29) is 23.3 Å². The summed E-state index contributed by atoms with van der Waals surface area (Å²) in [7, 11) is 0. The van der Waals surface area contributed by atoms with Crippen molar-refractivity contribution in [2.75, 3.05) is 11.1 Å². The van der Waals surface area contributed by atoms with Gasteiger partial charge in [0.1, 0.15) is 23.2 Å². The van der Waals surface area contributed by atoms with Gasteiger partial charge in [-0.1, -0.05) is 36.4 Å². The Labute approximate surface area is 221 Å². The first kappa shape index (κ1) is 26.2. The lowest BCUT2D eigenvalue weighted by Crippen LogP contribution is -2.20. The third kappa shape index (κ3) is 5.91. The molecule has 12 heteroatoms. The molecule has 190 valence electrons. The Hall–Kier alpha value is -2.89. The molecule has 0 spiro atoms. The van der Waals surface area contributed by atoms with Crippen LogP contribution < -0.4 is 15.8 Å². The van der Waals surface area contributed by atoms with Gasteiger partial charge in [0, 0.05) is 11.4 Å². The van der Waals surface area contributed by atoms with Crippen LogP contribution in [0.15, 0.2) is 36.0 Å². The van der Waals surface area contributed by atoms with Crippen LogP contribution in [0, 0.1) is 11.7 Å². The van der Waals surface area contributed by atoms with Gasteiger partial charge in [0.2, 0.25) is 5.91 Å². The number of ether oxygens (including phenoxy) is 1. The molecule has 8 nitrogen and oxygen atoms in total. The number of nitrogens with zero attached hydrogens (tertiary/aromatic N) is 3. The smallest absolute Gasteiger partial charge is 0.251 e. The Morgan fingerprint density at radius 2 is 2.25 bits per heavy atom. The number of primary amides is 1. The molecule has 1 atom stereocenters. The van der Waals surface area contributed by atoms with Crippen molar-refractivity contribution in [3.05, 3.63) is 63.5 Å². The monoisotopic (exact) mass is 549 g/mol. The van der Waals surface area contributed by atoms with Crippen molar-refractivity contribution in [2.45, 2.75) is 44.5 Å². The number of hydrogen-bond donors (Lipinski definition) is 2. The number of nitrogens with one attached hydrogen (secondary N) is 1. The molecular weight excluding hydrogens is 525 g/mol. The highest BCUT2D eigenvalue weighted by Gasteiger charge is 2.27. The summed E-state index contributed by atoms with van der Waals surface area (Å²) in [5.74, 6) is 0.132. The maximum absolute atomic E-state index is 13.3. The van der Waals surface area contributed by atoms with Crippen LogP contribution in [0.4, 0.5) is 9.39 Å². The molecular formula is C24H25ClFN5O3S2. The topological polar surface area (TPSA) is 112 Å². The zero-order valence-corrected chi connectivity index (χ0v) is 21.9. The predicted molar refractivity (Wildman–Crippen MR) is 139 cm³/mol. The van der Waals surface area contributed by atoms with Crippen molar-refractivity contribution in [3.8, 4) is 5.75 Å². The van der Waals surface area contributed by atoms with Crippen molar-refractivity contribution in [2.24, 2.45) is 11.7 Å². The number of benzene rings is 1. The molecule has 4 rings (SSSR count). The first-order chi connectivity index (χ1) is 17.3. The van der Waals surface area contributed by atoms with Crippen LogP contribution in [-0.2, 0) is 30.8 Å². The first-order valence-electron chi connectivity index (χ1n) is 11.2. The quantitative estimate of drug-likeness (QED) is 0.276. The van der Waals surface area contributed by atoms with Gasteiger partial charge >= 0.3 is 0 Å². The van der Waals surface area contributed by atoms with E-state index in [1.54, 1.807) is 10.6 Å². The molecule has 0 bridgehead atoms. The minimum Gasteiger partial charge on any atom is -0.484 e. The van der Waals surface area contributed by atoms with Crippen molar-refractivity contribution < 1.29 is 18.7 Å². The van der Waals surface area contributed by atoms with E-state index in [1.807, 2.05) is 0 Å². The van der Waals surface area contributed by atoms with Crippen LogP contribution in [-0.4, -0.2) is 32.3 Å². The van der Waals surface area contributed by atoms with Gasteiger partial charge in [0.05, 0.1) is 16.3 Å². The summed E-state index contributed by atoms with van der Waals surface area (Å²) in [5.41, 5.74) is 7.03. The molecule has 0 radical (unpaired) electrons. The number of halogens is 2. The number of rotatable bonds is 10. The predicted octanol–water partition coefficient (Wildman–Crippen LogP) is 4.85. The van der Waals surface area contributed by atoms with Crippen LogP contribution in [0.3, 0.4) is 0 Å². The Bertz CT molecular complexity index is 1310. The lowest BCUT2D eigenvalue weighted by Gasteiger charge is -2.18. The van der Waals surface area contributed by atoms with Gasteiger partial charge in [-0.05, 0) is 48.9 Å². The van der Waals surface area contributed by atoms with E-state index in [2.05, 4.69) is 29.0 Å². The highest BCUT2D eigenvalue weighted by molar-refractivity contribution is 7.99. The second-order valence-electron chi connectivity index (χ2n) is 8.42. The molecule has 1 unspecified atom stereocenters. The number of allylic oxidation sites excluding steroid dienone is 1. The molecule has 3 N–H and O–H groups in total. The van der Waals surface area contributed by atoms with E-state index in [9.17, 15) is 14.0 Å². The third-order valence-electron chi connectivity index (χ3n) is 5.70. The van der Waals surface area contributed by atoms with Crippen LogP contribution in [0.1, 0.15) is 40.0 Å². The summed E-state index contributed by atoms with van der Waals surface area (Å²) in [5, 5.41) is 12.3. The van der Waals surface area contributed by atoms with Crippen molar-refractivity contribution in [1.29, 1.82) is 0 Å². The summed E-state index contributed by atoms with van der Waals surface area (Å²) >= 11 is 8.65. The Balaban J connectivity index is 1.42. The minimum absolute atomic E-state index is 0.0418. The Morgan fingerprint density at radius 3 is 2.97 bits per heavy atom. The fourth-order valence-electron chi connectivity index (χ4n) is 3.97. The average molecular weight is 550 g/mol. The number of amides is 2. The fraction of sp³-hybridized carbons (Fsp3) is 0.333. The van der Waals surface area contributed by atoms with Crippen molar-refractivity contribution in [1.82, 2.24) is 14.8 Å². The number of anilines is 1. The molecule has 0 fully saturated rings. The van der Waals surface area contributed by atoms with E-state index in [0.717, 1.165) is 29.7 Å². The maximum atomic E-state index is 13.3. The molecule has 1 aromatic carbocycles. The average Bonchev–Trinajstić information content (AvgIpc) is 3.37. The van der Waals surface area contributed by atoms with Gasteiger partial charge < -0.3 is 15.8 Å². The number of nitrogens with two attached hydrogens (primary N) is 1. The summed E-state index contributed by atoms with van der Waals surface area (Å²) in [6, 6.07) is 3.86. The SMILES string of the molecule is C=CCn1c(COc2ccc(F)cc2Cl)nnc1SCC(=O)Nc1sc2c(c1C(N)=O)CCC(C)C2. The molecule has 2 aromatic heterocycles. The summed E-state index contributed by atoms with van der Waals surface area (Å²) in [6.45, 7) is 6.38. The number of hydrogen-bond acceptors (Lipinski definition) is 7. The molecule has 1 aliphatic carbocycles. The van der Waals surface area contributed by atoms with Crippen LogP contribution in [0.5, 0.6) is 5.75 Å². The number of aromatic nitrogens is 3. The number of thiophene rings is 1. The second kappa shape index (κ2) is 11.4. The number of fused-ring (bicyclic) bond motifs is 1. The van der Waals surface area contributed by atoms with Crippen LogP contribution in [0.25, 0.3) is 0 Å². The van der Waals surface area contributed by atoms with Crippen molar-refractivity contribution >= 4 is 51.5 Å². The Morgan fingerprint density at radius 1 is 1.44 bits per heavy atom. The van der Waals surface area contributed by atoms with Gasteiger partial charge in [-0.3, -0.25) is 14.2 Å². The first-order valence-corrected chi connectivity index (χ1v) is 13.4. The summed E-state index contributed by atoms with van der Waals surface area (Å²) in [6.07, 6.45) is 4.34. The van der Waals surface area contributed by atoms with E-state index in [0.29, 0.717) is 39.8 Å². The molecule has 0 saturated heterocycles. The molecule has 2 amide bonds. The van der Waals surface area contributed by atoms with Gasteiger partial charge in [-0.25, -0.2) is 4.39 Å². The fourth-order valence-corrected chi connectivity index (χ4v) is 6.39. The normalized spacial score (nSPS) is 14.8. The van der Waals surface area contributed by atoms with Gasteiger partial charge in [0.15, 0.2) is 11.0 Å². The summed E-state index contributed by atoms with van der Waals surface area (Å²) in [4.78, 5) is 26.0. The van der Waals surface area contributed by atoms with Crippen LogP contribution >= 0.6 is 34.7 Å². The van der Waals surface area contributed by atoms with Gasteiger partial charge in [-0.15, -0.1) is 28.1 Å². The lowest BCUT2D eigenvalue weighted by atomic mass is 9.88. The van der Waals surface area contributed by atoms with Gasteiger partial charge in [-0.2, -0.15) is 0 Å². The summed E-state index contributed by atoms with van der Waals surface area (Å²) < 4.78 is 20.7. The second-order valence-corrected chi connectivity index (χ2v) is 10.9. The zero-order valence-electron chi connectivity index (χ0n) is 19.6. The molecule has 3 aromatic rings. The third-order valence-corrected chi connectivity index (χ3v) is 8.13. The highest BCUT2D eigenvalue weighted by atomic mass is 35.5. The minimum atomic E-state index is -0.526. The standard InChI is InChI=1S/C24H25ClFN5O3S2/c1-3-8-31-19(11-34-17-7-5-14(26)10-16(17)25)29-30-24(31)35-12-20(32)28-23-21(22(27)33)15-6-4-13(2)9-18(15)36-23/h3,5,7,10,13H,1,4,6,8-9,11-12H2,2H3,(H2,27,33)(H,28,32). The molecule has 0 saturated carbocycles. The number of carbonyl (C=O) groups is 2. The van der Waals surface area contributed by atoms with Gasteiger partial charge in [0.25, 0.3) is 5.91 Å². The van der Waals surface area contributed by atoms with E-state index >= 15 is 0 Å². The zero-order chi connectivity index (χ0) is 25.8. The highest BCUT2D eigenvalue weighted by Crippen LogP contribution is 2.39. The van der Waals surface area contributed by atoms with Crippen molar-refractivity contribution in [3.63, 3.8) is 0 Å². The van der Waals surface area contributed by atoms with E-state index < -0.39 is 11.7 Å². The Kier molecular flexibility index (Phi) is 8.32.